The maximum Gasteiger partial charge on any atom is 0.344 e. The maximum absolute atomic E-state index is 11.4. The van der Waals surface area contributed by atoms with Crippen LogP contribution in [0.15, 0.2) is 48.5 Å². The summed E-state index contributed by atoms with van der Waals surface area (Å²) >= 11 is 0. The molecule has 34 heavy (non-hydrogen) atoms. The van der Waals surface area contributed by atoms with Crippen LogP contribution in [0.1, 0.15) is 57.2 Å². The van der Waals surface area contributed by atoms with E-state index in [0.29, 0.717) is 12.4 Å². The van der Waals surface area contributed by atoms with E-state index in [9.17, 15) is 14.4 Å². The third-order valence-corrected chi connectivity index (χ3v) is 4.59. The summed E-state index contributed by atoms with van der Waals surface area (Å²) < 4.78 is 10.3. The Morgan fingerprint density at radius 1 is 0.882 bits per heavy atom. The first-order valence-electron chi connectivity index (χ1n) is 11.1. The lowest BCUT2D eigenvalue weighted by molar-refractivity contribution is -0.145. The van der Waals surface area contributed by atoms with Gasteiger partial charge in [0.05, 0.1) is 19.4 Å². The topological polar surface area (TPSA) is 122 Å². The monoisotopic (exact) mass is 473 g/mol. The van der Waals surface area contributed by atoms with E-state index in [1.807, 2.05) is 24.3 Å². The summed E-state index contributed by atoms with van der Waals surface area (Å²) in [6.45, 7) is 10.3. The first kappa shape index (κ1) is 28.6. The minimum atomic E-state index is -1.08. The minimum absolute atomic E-state index is 0.0646. The van der Waals surface area contributed by atoms with Crippen LogP contribution in [0.3, 0.4) is 0 Å². The second-order valence-electron chi connectivity index (χ2n) is 8.58. The molecule has 0 heterocycles. The minimum Gasteiger partial charge on any atom is -0.482 e. The molecule has 0 fully saturated rings. The number of nitrogens with one attached hydrogen (secondary N) is 1. The SMILES string of the molecule is CCOC(=O)COc1cccc(CNCc2ccc(C(C)(C)C)cc2)c1.O=C(O)CCC(=O)O. The number of rotatable bonds is 11. The molecule has 0 bridgehead atoms. The predicted molar refractivity (Wildman–Crippen MR) is 129 cm³/mol. The average molecular weight is 474 g/mol. The molecular formula is C26H35NO7. The highest BCUT2D eigenvalue weighted by atomic mass is 16.6. The molecule has 2 rings (SSSR count). The van der Waals surface area contributed by atoms with E-state index in [-0.39, 0.29) is 30.8 Å². The number of aliphatic carboxylic acids is 2. The van der Waals surface area contributed by atoms with Crippen LogP contribution in [0.5, 0.6) is 5.75 Å². The first-order valence-corrected chi connectivity index (χ1v) is 11.1. The quantitative estimate of drug-likeness (QED) is 0.416. The lowest BCUT2D eigenvalue weighted by Crippen LogP contribution is -2.15. The van der Waals surface area contributed by atoms with Crippen molar-refractivity contribution in [2.75, 3.05) is 13.2 Å². The normalized spacial score (nSPS) is 10.6. The molecule has 0 unspecified atom stereocenters. The standard InChI is InChI=1S/C22H29NO3.C4H6O4/c1-5-25-21(24)16-26-20-8-6-7-18(13-20)15-23-14-17-9-11-19(12-10-17)22(2,3)4;5-3(6)1-2-4(7)8/h6-13,23H,5,14-16H2,1-4H3;1-2H2,(H,5,6)(H,7,8). The molecule has 0 aliphatic rings. The fourth-order valence-electron chi connectivity index (χ4n) is 2.78. The Morgan fingerprint density at radius 3 is 2.00 bits per heavy atom. The number of hydrogen-bond donors (Lipinski definition) is 3. The number of carboxylic acid groups (broad SMARTS) is 2. The van der Waals surface area contributed by atoms with Gasteiger partial charge < -0.3 is 25.0 Å². The fourth-order valence-corrected chi connectivity index (χ4v) is 2.78. The Balaban J connectivity index is 0.000000620. The van der Waals surface area contributed by atoms with Crippen molar-refractivity contribution >= 4 is 17.9 Å². The Bertz CT molecular complexity index is 903. The number of ether oxygens (including phenoxy) is 2. The lowest BCUT2D eigenvalue weighted by Gasteiger charge is -2.19. The molecule has 2 aromatic carbocycles. The van der Waals surface area contributed by atoms with Crippen LogP contribution in [-0.4, -0.2) is 41.3 Å². The molecule has 0 atom stereocenters. The van der Waals surface area contributed by atoms with Gasteiger partial charge in [-0.1, -0.05) is 57.2 Å². The van der Waals surface area contributed by atoms with Crippen molar-refractivity contribution in [1.82, 2.24) is 5.32 Å². The van der Waals surface area contributed by atoms with Gasteiger partial charge in [-0.15, -0.1) is 0 Å². The zero-order chi connectivity index (χ0) is 25.6. The summed E-state index contributed by atoms with van der Waals surface area (Å²) in [7, 11) is 0. The number of carbonyl (C=O) groups excluding carboxylic acids is 1. The average Bonchev–Trinajstić information content (AvgIpc) is 2.77. The van der Waals surface area contributed by atoms with E-state index in [4.69, 9.17) is 19.7 Å². The van der Waals surface area contributed by atoms with Gasteiger partial charge in [-0.3, -0.25) is 9.59 Å². The van der Waals surface area contributed by atoms with Crippen LogP contribution in [0.2, 0.25) is 0 Å². The molecule has 8 heteroatoms. The summed E-state index contributed by atoms with van der Waals surface area (Å²) in [5, 5.41) is 19.2. The van der Waals surface area contributed by atoms with Crippen LogP contribution in [0.25, 0.3) is 0 Å². The molecule has 0 aromatic heterocycles. The van der Waals surface area contributed by atoms with Crippen LogP contribution >= 0.6 is 0 Å². The van der Waals surface area contributed by atoms with Crippen molar-refractivity contribution in [3.8, 4) is 5.75 Å². The highest BCUT2D eigenvalue weighted by molar-refractivity contribution is 5.75. The number of benzene rings is 2. The fraction of sp³-hybridized carbons (Fsp3) is 0.423. The molecule has 3 N–H and O–H groups in total. The van der Waals surface area contributed by atoms with E-state index in [2.05, 4.69) is 50.4 Å². The molecule has 2 aromatic rings. The lowest BCUT2D eigenvalue weighted by atomic mass is 9.87. The number of carbonyl (C=O) groups is 3. The van der Waals surface area contributed by atoms with Crippen LogP contribution in [-0.2, 0) is 37.6 Å². The summed E-state index contributed by atoms with van der Waals surface area (Å²) in [6, 6.07) is 16.5. The summed E-state index contributed by atoms with van der Waals surface area (Å²) in [5.74, 6) is -1.83. The van der Waals surface area contributed by atoms with Crippen LogP contribution in [0, 0.1) is 0 Å². The molecule has 0 aliphatic carbocycles. The Morgan fingerprint density at radius 2 is 1.47 bits per heavy atom. The third kappa shape index (κ3) is 12.6. The van der Waals surface area contributed by atoms with Crippen LogP contribution in [0.4, 0.5) is 0 Å². The van der Waals surface area contributed by atoms with E-state index < -0.39 is 11.9 Å². The second kappa shape index (κ2) is 14.7. The molecular weight excluding hydrogens is 438 g/mol. The zero-order valence-corrected chi connectivity index (χ0v) is 20.3. The zero-order valence-electron chi connectivity index (χ0n) is 20.3. The second-order valence-corrected chi connectivity index (χ2v) is 8.58. The Labute approximate surface area is 200 Å². The number of hydrogen-bond acceptors (Lipinski definition) is 6. The van der Waals surface area contributed by atoms with E-state index in [1.165, 1.54) is 11.1 Å². The van der Waals surface area contributed by atoms with Gasteiger partial charge in [-0.05, 0) is 41.2 Å². The van der Waals surface area contributed by atoms with Gasteiger partial charge in [0, 0.05) is 13.1 Å². The predicted octanol–water partition coefficient (Wildman–Crippen LogP) is 4.15. The van der Waals surface area contributed by atoms with Crippen molar-refractivity contribution in [3.63, 3.8) is 0 Å². The molecule has 0 amide bonds. The molecule has 0 aliphatic heterocycles. The first-order chi connectivity index (χ1) is 16.0. The van der Waals surface area contributed by atoms with Gasteiger partial charge in [0.1, 0.15) is 5.75 Å². The number of carboxylic acids is 2. The summed E-state index contributed by atoms with van der Waals surface area (Å²) in [5.41, 5.74) is 3.88. The Kier molecular flexibility index (Phi) is 12.4. The van der Waals surface area contributed by atoms with E-state index >= 15 is 0 Å². The maximum atomic E-state index is 11.4. The van der Waals surface area contributed by atoms with Gasteiger partial charge in [0.2, 0.25) is 0 Å². The van der Waals surface area contributed by atoms with E-state index in [1.54, 1.807) is 6.92 Å². The van der Waals surface area contributed by atoms with Gasteiger partial charge >= 0.3 is 17.9 Å². The van der Waals surface area contributed by atoms with Crippen molar-refractivity contribution in [2.24, 2.45) is 0 Å². The van der Waals surface area contributed by atoms with Crippen LogP contribution < -0.4 is 10.1 Å². The van der Waals surface area contributed by atoms with Crippen molar-refractivity contribution in [1.29, 1.82) is 0 Å². The molecule has 0 saturated heterocycles. The van der Waals surface area contributed by atoms with Gasteiger partial charge in [0.25, 0.3) is 0 Å². The molecule has 8 nitrogen and oxygen atoms in total. The largest absolute Gasteiger partial charge is 0.482 e. The van der Waals surface area contributed by atoms with Gasteiger partial charge in [0.15, 0.2) is 6.61 Å². The molecule has 0 saturated carbocycles. The van der Waals surface area contributed by atoms with Crippen molar-refractivity contribution in [2.45, 2.75) is 59.0 Å². The third-order valence-electron chi connectivity index (χ3n) is 4.59. The van der Waals surface area contributed by atoms with E-state index in [0.717, 1.165) is 18.7 Å². The highest BCUT2D eigenvalue weighted by Gasteiger charge is 2.12. The Hall–Kier alpha value is -3.39. The molecule has 0 spiro atoms. The summed E-state index contributed by atoms with van der Waals surface area (Å²) in [6.07, 6.45) is -0.593. The summed E-state index contributed by atoms with van der Waals surface area (Å²) in [4.78, 5) is 30.6. The van der Waals surface area contributed by atoms with Gasteiger partial charge in [-0.25, -0.2) is 4.79 Å². The van der Waals surface area contributed by atoms with Gasteiger partial charge in [-0.2, -0.15) is 0 Å². The highest BCUT2D eigenvalue weighted by Crippen LogP contribution is 2.22. The van der Waals surface area contributed by atoms with Crippen molar-refractivity contribution < 1.29 is 34.1 Å². The number of esters is 1. The molecule has 0 radical (unpaired) electrons. The molecule has 186 valence electrons. The smallest absolute Gasteiger partial charge is 0.344 e. The van der Waals surface area contributed by atoms with Crippen molar-refractivity contribution in [3.05, 3.63) is 65.2 Å².